The Kier molecular flexibility index (Phi) is 7.08. The van der Waals surface area contributed by atoms with E-state index in [0.29, 0.717) is 22.4 Å². The van der Waals surface area contributed by atoms with E-state index < -0.39 is 0 Å². The first-order chi connectivity index (χ1) is 11.5. The Hall–Kier alpha value is -1.57. The Morgan fingerprint density at radius 2 is 2.08 bits per heavy atom. The monoisotopic (exact) mass is 371 g/mol. The fourth-order valence-corrected chi connectivity index (χ4v) is 2.60. The van der Waals surface area contributed by atoms with Crippen LogP contribution in [0, 0.1) is 13.8 Å². The van der Waals surface area contributed by atoms with Gasteiger partial charge in [0.15, 0.2) is 11.7 Å². The van der Waals surface area contributed by atoms with E-state index in [-0.39, 0.29) is 18.6 Å². The minimum Gasteiger partial charge on any atom is -0.484 e. The number of rotatable bonds is 5. The lowest BCUT2D eigenvalue weighted by Gasteiger charge is -2.15. The van der Waals surface area contributed by atoms with Crippen molar-refractivity contribution in [3.05, 3.63) is 28.3 Å². The predicted octanol–water partition coefficient (Wildman–Crippen LogP) is 2.01. The van der Waals surface area contributed by atoms with Crippen molar-refractivity contribution in [2.45, 2.75) is 32.8 Å². The molecule has 0 aliphatic carbocycles. The lowest BCUT2D eigenvalue weighted by atomic mass is 10.1. The van der Waals surface area contributed by atoms with Crippen molar-refractivity contribution in [3.63, 3.8) is 0 Å². The third-order valence-corrected chi connectivity index (χ3v) is 4.45. The summed E-state index contributed by atoms with van der Waals surface area (Å²) >= 11 is 11.2. The molecule has 1 heterocycles. The molecule has 0 saturated carbocycles. The van der Waals surface area contributed by atoms with Gasteiger partial charge in [0.2, 0.25) is 0 Å². The number of hydrogen-bond donors (Lipinski definition) is 3. The van der Waals surface area contributed by atoms with E-state index in [0.717, 1.165) is 30.6 Å². The number of thiocarbonyl (C=S) groups is 1. The lowest BCUT2D eigenvalue weighted by molar-refractivity contribution is -0.123. The first-order valence-electron chi connectivity index (χ1n) is 7.79. The van der Waals surface area contributed by atoms with Gasteiger partial charge < -0.3 is 14.8 Å². The highest BCUT2D eigenvalue weighted by Crippen LogP contribution is 2.25. The van der Waals surface area contributed by atoms with Crippen molar-refractivity contribution in [2.75, 3.05) is 19.8 Å². The minimum atomic E-state index is -0.332. The lowest BCUT2D eigenvalue weighted by Crippen LogP contribution is -2.49. The molecule has 1 saturated heterocycles. The Morgan fingerprint density at radius 1 is 1.38 bits per heavy atom. The maximum atomic E-state index is 11.8. The van der Waals surface area contributed by atoms with E-state index in [2.05, 4.69) is 16.2 Å². The van der Waals surface area contributed by atoms with Crippen molar-refractivity contribution in [1.82, 2.24) is 16.2 Å². The Bertz CT molecular complexity index is 583. The zero-order valence-electron chi connectivity index (χ0n) is 13.8. The zero-order valence-corrected chi connectivity index (χ0v) is 15.4. The summed E-state index contributed by atoms with van der Waals surface area (Å²) in [6, 6.07) is 3.59. The molecule has 1 aliphatic heterocycles. The molecule has 1 fully saturated rings. The van der Waals surface area contributed by atoms with Crippen LogP contribution in [0.25, 0.3) is 0 Å². The van der Waals surface area contributed by atoms with E-state index in [1.54, 1.807) is 12.1 Å². The van der Waals surface area contributed by atoms with Crippen LogP contribution < -0.4 is 20.9 Å². The molecule has 1 aromatic carbocycles. The number of carbonyl (C=O) groups excluding carboxylic acids is 1. The number of ether oxygens (including phenoxy) is 2. The maximum Gasteiger partial charge on any atom is 0.276 e. The molecule has 3 N–H and O–H groups in total. The van der Waals surface area contributed by atoms with Gasteiger partial charge in [-0.25, -0.2) is 0 Å². The molecular formula is C16H22ClN3O3S. The van der Waals surface area contributed by atoms with E-state index in [1.165, 1.54) is 0 Å². The fraction of sp³-hybridized carbons (Fsp3) is 0.500. The number of nitrogens with one attached hydrogen (secondary N) is 3. The van der Waals surface area contributed by atoms with Gasteiger partial charge >= 0.3 is 0 Å². The summed E-state index contributed by atoms with van der Waals surface area (Å²) < 4.78 is 10.9. The number of hydrazine groups is 1. The fourth-order valence-electron chi connectivity index (χ4n) is 2.36. The number of aryl methyl sites for hydroxylation is 2. The standard InChI is InChI=1S/C16H22ClN3O3S/c1-10-6-13(7-11(2)15(10)17)23-9-14(21)19-20-16(24)18-8-12-4-3-5-22-12/h6-7,12H,3-5,8-9H2,1-2H3,(H,19,21)(H2,18,20,24)/t12-/m1/s1. The van der Waals surface area contributed by atoms with Crippen LogP contribution in [0.2, 0.25) is 5.02 Å². The van der Waals surface area contributed by atoms with Crippen LogP contribution in [-0.4, -0.2) is 36.9 Å². The van der Waals surface area contributed by atoms with Gasteiger partial charge in [-0.05, 0) is 62.2 Å². The van der Waals surface area contributed by atoms with E-state index in [9.17, 15) is 4.79 Å². The van der Waals surface area contributed by atoms with Gasteiger partial charge in [-0.3, -0.25) is 15.6 Å². The molecule has 0 unspecified atom stereocenters. The number of carbonyl (C=O) groups is 1. The molecule has 1 aromatic rings. The van der Waals surface area contributed by atoms with Crippen LogP contribution in [0.5, 0.6) is 5.75 Å². The van der Waals surface area contributed by atoms with E-state index in [4.69, 9.17) is 33.3 Å². The summed E-state index contributed by atoms with van der Waals surface area (Å²) in [6.07, 6.45) is 2.28. The van der Waals surface area contributed by atoms with Crippen molar-refractivity contribution < 1.29 is 14.3 Å². The summed E-state index contributed by atoms with van der Waals surface area (Å²) in [5, 5.41) is 4.05. The number of amides is 1. The highest BCUT2D eigenvalue weighted by atomic mass is 35.5. The molecule has 2 rings (SSSR count). The molecular weight excluding hydrogens is 350 g/mol. The molecule has 24 heavy (non-hydrogen) atoms. The van der Waals surface area contributed by atoms with Gasteiger partial charge in [0, 0.05) is 18.2 Å². The van der Waals surface area contributed by atoms with Gasteiger partial charge in [0.25, 0.3) is 5.91 Å². The topological polar surface area (TPSA) is 71.6 Å². The van der Waals surface area contributed by atoms with Gasteiger partial charge in [-0.1, -0.05) is 11.6 Å². The number of hydrogen-bond acceptors (Lipinski definition) is 4. The largest absolute Gasteiger partial charge is 0.484 e. The third-order valence-electron chi connectivity index (χ3n) is 3.61. The molecule has 1 aliphatic rings. The van der Waals surface area contributed by atoms with Crippen LogP contribution in [0.15, 0.2) is 12.1 Å². The van der Waals surface area contributed by atoms with Crippen LogP contribution in [0.4, 0.5) is 0 Å². The SMILES string of the molecule is Cc1cc(OCC(=O)NNC(=S)NC[C@H]2CCCO2)cc(C)c1Cl. The second kappa shape index (κ2) is 9.05. The first-order valence-corrected chi connectivity index (χ1v) is 8.58. The molecule has 0 spiro atoms. The summed E-state index contributed by atoms with van der Waals surface area (Å²) in [5.74, 6) is 0.269. The second-order valence-electron chi connectivity index (χ2n) is 5.68. The maximum absolute atomic E-state index is 11.8. The van der Waals surface area contributed by atoms with Gasteiger partial charge in [-0.15, -0.1) is 0 Å². The molecule has 0 bridgehead atoms. The van der Waals surface area contributed by atoms with Gasteiger partial charge in [0.1, 0.15) is 5.75 Å². The van der Waals surface area contributed by atoms with Gasteiger partial charge in [-0.2, -0.15) is 0 Å². The second-order valence-corrected chi connectivity index (χ2v) is 6.46. The molecule has 1 atom stereocenters. The summed E-state index contributed by atoms with van der Waals surface area (Å²) in [5.41, 5.74) is 6.94. The minimum absolute atomic E-state index is 0.123. The molecule has 1 amide bonds. The summed E-state index contributed by atoms with van der Waals surface area (Å²) in [7, 11) is 0. The van der Waals surface area contributed by atoms with Gasteiger partial charge in [0.05, 0.1) is 6.10 Å². The zero-order chi connectivity index (χ0) is 17.5. The highest BCUT2D eigenvalue weighted by molar-refractivity contribution is 7.80. The van der Waals surface area contributed by atoms with Crippen LogP contribution in [0.3, 0.4) is 0 Å². The predicted molar refractivity (Wildman–Crippen MR) is 97.3 cm³/mol. The van der Waals surface area contributed by atoms with Crippen molar-refractivity contribution in [2.24, 2.45) is 0 Å². The smallest absolute Gasteiger partial charge is 0.276 e. The Balaban J connectivity index is 1.66. The molecule has 8 heteroatoms. The normalized spacial score (nSPS) is 16.5. The highest BCUT2D eigenvalue weighted by Gasteiger charge is 2.15. The number of halogens is 1. The van der Waals surface area contributed by atoms with Crippen LogP contribution in [-0.2, 0) is 9.53 Å². The molecule has 0 radical (unpaired) electrons. The summed E-state index contributed by atoms with van der Waals surface area (Å²) in [6.45, 7) is 5.08. The van der Waals surface area contributed by atoms with Crippen molar-refractivity contribution in [3.8, 4) is 5.75 Å². The Morgan fingerprint density at radius 3 is 2.71 bits per heavy atom. The van der Waals surface area contributed by atoms with Crippen molar-refractivity contribution in [1.29, 1.82) is 0 Å². The van der Waals surface area contributed by atoms with Crippen LogP contribution in [0.1, 0.15) is 24.0 Å². The molecule has 6 nitrogen and oxygen atoms in total. The van der Waals surface area contributed by atoms with Crippen molar-refractivity contribution >= 4 is 34.8 Å². The molecule has 132 valence electrons. The number of benzene rings is 1. The van der Waals surface area contributed by atoms with E-state index in [1.807, 2.05) is 13.8 Å². The quantitative estimate of drug-likeness (QED) is 0.543. The Labute approximate surface area is 152 Å². The van der Waals surface area contributed by atoms with E-state index >= 15 is 0 Å². The van der Waals surface area contributed by atoms with Crippen LogP contribution >= 0.6 is 23.8 Å². The average Bonchev–Trinajstić information content (AvgIpc) is 3.07. The average molecular weight is 372 g/mol. The first kappa shape index (κ1) is 18.8. The third kappa shape index (κ3) is 5.81. The summed E-state index contributed by atoms with van der Waals surface area (Å²) in [4.78, 5) is 11.8. The molecule has 0 aromatic heterocycles.